The first-order chi connectivity index (χ1) is 12.0. The number of nitriles is 4. The highest BCUT2D eigenvalue weighted by Gasteiger charge is 2.22. The average Bonchev–Trinajstić information content (AvgIpc) is 3.10. The Morgan fingerprint density at radius 2 is 1.88 bits per heavy atom. The van der Waals surface area contributed by atoms with Crippen molar-refractivity contribution in [3.63, 3.8) is 0 Å². The van der Waals surface area contributed by atoms with E-state index in [1.54, 1.807) is 0 Å². The first-order valence-corrected chi connectivity index (χ1v) is 7.65. The summed E-state index contributed by atoms with van der Waals surface area (Å²) in [7, 11) is 0. The molecular formula is C16H19BN6O2. The lowest BCUT2D eigenvalue weighted by atomic mass is 9.30. The van der Waals surface area contributed by atoms with Crippen LogP contribution in [0, 0.1) is 44.9 Å². The monoisotopic (exact) mass is 338 g/mol. The summed E-state index contributed by atoms with van der Waals surface area (Å²) in [6, 6.07) is 0. The van der Waals surface area contributed by atoms with Gasteiger partial charge in [0.2, 0.25) is 6.33 Å². The Kier molecular flexibility index (Phi) is 10.2. The van der Waals surface area contributed by atoms with E-state index in [1.165, 1.54) is 42.8 Å². The first-order valence-electron chi connectivity index (χ1n) is 7.65. The lowest BCUT2D eigenvalue weighted by Gasteiger charge is -1.98. The van der Waals surface area contributed by atoms with Crippen molar-refractivity contribution in [3.8, 4) is 23.9 Å². The maximum absolute atomic E-state index is 10.8. The molecule has 9 heteroatoms. The molecule has 1 rings (SSSR count). The van der Waals surface area contributed by atoms with Gasteiger partial charge in [0, 0.05) is 6.08 Å². The van der Waals surface area contributed by atoms with Crippen LogP contribution in [0.5, 0.6) is 0 Å². The number of esters is 1. The van der Waals surface area contributed by atoms with Gasteiger partial charge in [0.15, 0.2) is 0 Å². The fourth-order valence-electron chi connectivity index (χ4n) is 1.53. The van der Waals surface area contributed by atoms with Crippen LogP contribution in [0.4, 0.5) is 0 Å². The first kappa shape index (κ1) is 21.4. The summed E-state index contributed by atoms with van der Waals surface area (Å²) in [6.07, 6.45) is 6.87. The van der Waals surface area contributed by atoms with Gasteiger partial charge in [-0.3, -0.25) is 0 Å². The third kappa shape index (κ3) is 8.02. The standard InChI is InChI=1S/C12H19N2O2.C4BN4/c1-3-5-6-13-7-8-14(11-13)9-10-16-12(15)4-2;6-1-5(2-7,3-8)4-9/h4,7-8,11H,2-3,5-6,9-10H2,1H3;/q+1;-1. The molecule has 0 aliphatic rings. The van der Waals surface area contributed by atoms with Crippen molar-refractivity contribution in [2.75, 3.05) is 6.61 Å². The Morgan fingerprint density at radius 3 is 2.32 bits per heavy atom. The van der Waals surface area contributed by atoms with Gasteiger partial charge in [-0.15, -0.1) is 23.9 Å². The molecule has 1 aromatic rings. The van der Waals surface area contributed by atoms with Gasteiger partial charge in [0.05, 0.1) is 6.54 Å². The predicted octanol–water partition coefficient (Wildman–Crippen LogP) is 0.991. The number of ether oxygens (including phenoxy) is 1. The number of carbonyl (C=O) groups is 1. The molecule has 128 valence electrons. The number of aromatic nitrogens is 2. The highest BCUT2D eigenvalue weighted by atomic mass is 16.5. The molecule has 1 heterocycles. The number of nitrogens with zero attached hydrogens (tertiary/aromatic N) is 6. The van der Waals surface area contributed by atoms with Crippen molar-refractivity contribution in [1.82, 2.24) is 4.57 Å². The van der Waals surface area contributed by atoms with Gasteiger partial charge in [0.25, 0.3) is 0 Å². The van der Waals surface area contributed by atoms with Crippen LogP contribution >= 0.6 is 0 Å². The van der Waals surface area contributed by atoms with E-state index in [1.807, 2.05) is 23.3 Å². The molecule has 0 unspecified atom stereocenters. The van der Waals surface area contributed by atoms with Crippen LogP contribution in [0.15, 0.2) is 31.4 Å². The lowest BCUT2D eigenvalue weighted by molar-refractivity contribution is -0.696. The number of unbranched alkanes of at least 4 members (excludes halogenated alkanes) is 1. The van der Waals surface area contributed by atoms with Crippen LogP contribution in [0.3, 0.4) is 0 Å². The number of imidazole rings is 1. The normalized spacial score (nSPS) is 9.16. The second-order valence-electron chi connectivity index (χ2n) is 5.00. The number of rotatable bonds is 7. The number of aryl methyl sites for hydroxylation is 1. The number of carbonyl (C=O) groups excluding carboxylic acids is 1. The van der Waals surface area contributed by atoms with Gasteiger partial charge in [-0.2, -0.15) is 0 Å². The predicted molar refractivity (Wildman–Crippen MR) is 88.9 cm³/mol. The van der Waals surface area contributed by atoms with Crippen LogP contribution in [0.25, 0.3) is 0 Å². The average molecular weight is 338 g/mol. The minimum atomic E-state index is -2.72. The Labute approximate surface area is 147 Å². The molecule has 0 aliphatic heterocycles. The zero-order valence-electron chi connectivity index (χ0n) is 14.1. The van der Waals surface area contributed by atoms with Crippen LogP contribution < -0.4 is 4.57 Å². The quantitative estimate of drug-likeness (QED) is 0.315. The molecule has 0 spiro atoms. The second-order valence-corrected chi connectivity index (χ2v) is 5.00. The molecule has 0 fully saturated rings. The van der Waals surface area contributed by atoms with Crippen molar-refractivity contribution in [2.45, 2.75) is 32.9 Å². The smallest absolute Gasteiger partial charge is 0.383 e. The molecular weight excluding hydrogens is 319 g/mol. The second kappa shape index (κ2) is 11.9. The Bertz CT molecular complexity index is 683. The molecule has 25 heavy (non-hydrogen) atoms. The SMILES string of the molecule is C=CC(=O)OCCn1cc[n+](CCCC)c1.N#C[B-](C#N)(C#N)C#N. The third-order valence-corrected chi connectivity index (χ3v) is 3.05. The highest BCUT2D eigenvalue weighted by molar-refractivity contribution is 7.05. The zero-order valence-corrected chi connectivity index (χ0v) is 14.1. The van der Waals surface area contributed by atoms with E-state index in [-0.39, 0.29) is 5.97 Å². The van der Waals surface area contributed by atoms with E-state index in [9.17, 15) is 4.79 Å². The van der Waals surface area contributed by atoms with E-state index < -0.39 is 6.15 Å². The van der Waals surface area contributed by atoms with E-state index in [2.05, 4.69) is 18.1 Å². The molecule has 0 N–H and O–H groups in total. The third-order valence-electron chi connectivity index (χ3n) is 3.05. The fraction of sp³-hybridized carbons (Fsp3) is 0.375. The summed E-state index contributed by atoms with van der Waals surface area (Å²) in [5.41, 5.74) is 0. The molecule has 0 radical (unpaired) electrons. The molecule has 0 aliphatic carbocycles. The highest BCUT2D eigenvalue weighted by Crippen LogP contribution is 1.92. The Balaban J connectivity index is 0.000000547. The fourth-order valence-corrected chi connectivity index (χ4v) is 1.53. The minimum absolute atomic E-state index is 0.369. The number of hydrogen-bond acceptors (Lipinski definition) is 6. The molecule has 0 aromatic carbocycles. The Morgan fingerprint density at radius 1 is 1.28 bits per heavy atom. The Hall–Kier alpha value is -3.56. The topological polar surface area (TPSA) is 130 Å². The number of hydrogen-bond donors (Lipinski definition) is 0. The molecule has 0 atom stereocenters. The van der Waals surface area contributed by atoms with Crippen molar-refractivity contribution >= 4 is 12.1 Å². The molecule has 0 saturated heterocycles. The maximum Gasteiger partial charge on any atom is 0.383 e. The summed E-state index contributed by atoms with van der Waals surface area (Å²) < 4.78 is 9.04. The van der Waals surface area contributed by atoms with Gasteiger partial charge in [-0.25, -0.2) is 35.0 Å². The van der Waals surface area contributed by atoms with Crippen molar-refractivity contribution in [1.29, 1.82) is 21.0 Å². The van der Waals surface area contributed by atoms with Crippen molar-refractivity contribution in [3.05, 3.63) is 31.4 Å². The van der Waals surface area contributed by atoms with Crippen molar-refractivity contribution < 1.29 is 14.1 Å². The van der Waals surface area contributed by atoms with Crippen LogP contribution in [0.2, 0.25) is 0 Å². The van der Waals surface area contributed by atoms with Crippen LogP contribution in [-0.4, -0.2) is 23.3 Å². The largest absolute Gasteiger partial charge is 0.458 e. The summed E-state index contributed by atoms with van der Waals surface area (Å²) in [6.45, 7) is 7.61. The molecule has 0 saturated carbocycles. The minimum Gasteiger partial charge on any atom is -0.458 e. The molecule has 0 amide bonds. The van der Waals surface area contributed by atoms with E-state index in [0.717, 1.165) is 6.54 Å². The zero-order chi connectivity index (χ0) is 19.1. The molecule has 8 nitrogen and oxygen atoms in total. The molecule has 1 aromatic heterocycles. The molecule has 0 bridgehead atoms. The van der Waals surface area contributed by atoms with Crippen molar-refractivity contribution in [2.24, 2.45) is 0 Å². The van der Waals surface area contributed by atoms with Crippen LogP contribution in [0.1, 0.15) is 19.8 Å². The van der Waals surface area contributed by atoms with E-state index >= 15 is 0 Å². The lowest BCUT2D eigenvalue weighted by Crippen LogP contribution is -2.30. The van der Waals surface area contributed by atoms with Gasteiger partial charge < -0.3 is 4.74 Å². The van der Waals surface area contributed by atoms with Gasteiger partial charge in [-0.1, -0.05) is 19.9 Å². The summed E-state index contributed by atoms with van der Waals surface area (Å²) in [4.78, 5) is 10.8. The maximum atomic E-state index is 10.8. The van der Waals surface area contributed by atoms with E-state index in [0.29, 0.717) is 13.2 Å². The van der Waals surface area contributed by atoms with Crippen LogP contribution in [-0.2, 0) is 22.6 Å². The van der Waals surface area contributed by atoms with Gasteiger partial charge in [-0.05, 0) is 6.42 Å². The van der Waals surface area contributed by atoms with Gasteiger partial charge in [0.1, 0.15) is 25.5 Å². The van der Waals surface area contributed by atoms with E-state index in [4.69, 9.17) is 25.8 Å². The van der Waals surface area contributed by atoms with Gasteiger partial charge >= 0.3 is 12.1 Å². The summed E-state index contributed by atoms with van der Waals surface area (Å²) in [5, 5.41) is 32.3. The summed E-state index contributed by atoms with van der Waals surface area (Å²) in [5.74, 6) is 5.01. The summed E-state index contributed by atoms with van der Waals surface area (Å²) >= 11 is 0.